The number of hydrogen-bond acceptors (Lipinski definition) is 2. The summed E-state index contributed by atoms with van der Waals surface area (Å²) >= 11 is 7.00. The third-order valence-electron chi connectivity index (χ3n) is 2.61. The Morgan fingerprint density at radius 1 is 1.29 bits per heavy atom. The summed E-state index contributed by atoms with van der Waals surface area (Å²) in [6, 6.07) is 6.05. The molecule has 5 heteroatoms. The Bertz CT molecular complexity index is 547. The van der Waals surface area contributed by atoms with Gasteiger partial charge in [-0.3, -0.25) is 5.10 Å². The Kier molecular flexibility index (Phi) is 3.58. The minimum atomic E-state index is 0.333. The number of rotatable bonds is 2. The Labute approximate surface area is 117 Å². The lowest BCUT2D eigenvalue weighted by Gasteiger charge is -2.09. The number of nitrogens with two attached hydrogens (primary N) is 1. The number of nitrogen functional groups attached to an aromatic ring is 1. The van der Waals surface area contributed by atoms with Gasteiger partial charge in [0, 0.05) is 20.1 Å². The van der Waals surface area contributed by atoms with Crippen LogP contribution in [-0.4, -0.2) is 10.2 Å². The van der Waals surface area contributed by atoms with Gasteiger partial charge in [0.05, 0.1) is 5.69 Å². The highest BCUT2D eigenvalue weighted by Gasteiger charge is 2.17. The van der Waals surface area contributed by atoms with Crippen LogP contribution in [0.1, 0.15) is 25.3 Å². The molecule has 3 N–H and O–H groups in total. The summed E-state index contributed by atoms with van der Waals surface area (Å²) in [5.41, 5.74) is 9.01. The van der Waals surface area contributed by atoms with Gasteiger partial charge in [-0.05, 0) is 18.1 Å². The lowest BCUT2D eigenvalue weighted by atomic mass is 9.99. The molecule has 0 aliphatic carbocycles. The molecule has 0 fully saturated rings. The number of aromatic amines is 1. The zero-order valence-electron chi connectivity index (χ0n) is 9.59. The Morgan fingerprint density at radius 2 is 2.00 bits per heavy atom. The lowest BCUT2D eigenvalue weighted by molar-refractivity contribution is 0.873. The van der Waals surface area contributed by atoms with Gasteiger partial charge in [0.25, 0.3) is 0 Å². The second-order valence-corrected chi connectivity index (χ2v) is 5.95. The van der Waals surface area contributed by atoms with Crippen molar-refractivity contribution in [1.29, 1.82) is 0 Å². The number of hydrogen-bond donors (Lipinski definition) is 2. The molecule has 0 amide bonds. The second kappa shape index (κ2) is 4.82. The van der Waals surface area contributed by atoms with Crippen LogP contribution in [0.5, 0.6) is 0 Å². The molecule has 0 atom stereocenters. The van der Waals surface area contributed by atoms with Gasteiger partial charge in [-0.25, -0.2) is 0 Å². The standard InChI is InChI=1S/C12H13Br2N3/c1-6(2)10-11(16-17-12(10)15)8-4-3-7(13)5-9(8)14/h3-6H,1-2H3,(H3,15,16,17). The van der Waals surface area contributed by atoms with Crippen LogP contribution in [0, 0.1) is 0 Å². The van der Waals surface area contributed by atoms with Gasteiger partial charge >= 0.3 is 0 Å². The van der Waals surface area contributed by atoms with Crippen LogP contribution in [0.3, 0.4) is 0 Å². The molecule has 17 heavy (non-hydrogen) atoms. The van der Waals surface area contributed by atoms with Gasteiger partial charge in [-0.15, -0.1) is 0 Å². The highest BCUT2D eigenvalue weighted by Crippen LogP contribution is 2.36. The van der Waals surface area contributed by atoms with E-state index < -0.39 is 0 Å². The van der Waals surface area contributed by atoms with Gasteiger partial charge in [0.1, 0.15) is 5.82 Å². The molecule has 2 rings (SSSR count). The molecule has 0 aliphatic heterocycles. The van der Waals surface area contributed by atoms with E-state index in [-0.39, 0.29) is 0 Å². The number of anilines is 1. The number of aromatic nitrogens is 2. The zero-order valence-corrected chi connectivity index (χ0v) is 12.8. The van der Waals surface area contributed by atoms with Crippen molar-refractivity contribution >= 4 is 37.7 Å². The van der Waals surface area contributed by atoms with E-state index in [1.165, 1.54) is 0 Å². The summed E-state index contributed by atoms with van der Waals surface area (Å²) in [5.74, 6) is 0.907. The number of nitrogens with zero attached hydrogens (tertiary/aromatic N) is 1. The highest BCUT2D eigenvalue weighted by molar-refractivity contribution is 9.11. The molecule has 0 saturated carbocycles. The first-order valence-corrected chi connectivity index (χ1v) is 6.88. The van der Waals surface area contributed by atoms with E-state index in [1.807, 2.05) is 18.2 Å². The maximum absolute atomic E-state index is 5.89. The van der Waals surface area contributed by atoms with Crippen molar-refractivity contribution in [2.45, 2.75) is 19.8 Å². The summed E-state index contributed by atoms with van der Waals surface area (Å²) in [7, 11) is 0. The van der Waals surface area contributed by atoms with Crippen LogP contribution in [0.25, 0.3) is 11.3 Å². The number of nitrogens with one attached hydrogen (secondary N) is 1. The van der Waals surface area contributed by atoms with Crippen molar-refractivity contribution in [3.05, 3.63) is 32.7 Å². The van der Waals surface area contributed by atoms with Gasteiger partial charge < -0.3 is 5.73 Å². The molecule has 3 nitrogen and oxygen atoms in total. The number of benzene rings is 1. The van der Waals surface area contributed by atoms with Gasteiger partial charge in [-0.2, -0.15) is 5.10 Å². The molecule has 0 unspecified atom stereocenters. The van der Waals surface area contributed by atoms with E-state index >= 15 is 0 Å². The monoisotopic (exact) mass is 357 g/mol. The van der Waals surface area contributed by atoms with E-state index in [0.717, 1.165) is 25.8 Å². The fraction of sp³-hybridized carbons (Fsp3) is 0.250. The lowest BCUT2D eigenvalue weighted by Crippen LogP contribution is -1.95. The minimum Gasteiger partial charge on any atom is -0.382 e. The Morgan fingerprint density at radius 3 is 2.59 bits per heavy atom. The average molecular weight is 359 g/mol. The van der Waals surface area contributed by atoms with E-state index in [4.69, 9.17) is 5.73 Å². The minimum absolute atomic E-state index is 0.333. The Hall–Kier alpha value is -0.810. The topological polar surface area (TPSA) is 54.7 Å². The first-order chi connectivity index (χ1) is 8.00. The highest BCUT2D eigenvalue weighted by atomic mass is 79.9. The van der Waals surface area contributed by atoms with Crippen molar-refractivity contribution in [2.75, 3.05) is 5.73 Å². The predicted octanol–water partition coefficient (Wildman–Crippen LogP) is 4.31. The molecule has 90 valence electrons. The van der Waals surface area contributed by atoms with Crippen LogP contribution in [0.4, 0.5) is 5.82 Å². The second-order valence-electron chi connectivity index (χ2n) is 4.18. The van der Waals surface area contributed by atoms with Gasteiger partial charge in [0.15, 0.2) is 0 Å². The summed E-state index contributed by atoms with van der Waals surface area (Å²) in [4.78, 5) is 0. The summed E-state index contributed by atoms with van der Waals surface area (Å²) in [5, 5.41) is 7.11. The van der Waals surface area contributed by atoms with Crippen LogP contribution in [0.2, 0.25) is 0 Å². The maximum Gasteiger partial charge on any atom is 0.149 e. The van der Waals surface area contributed by atoms with Crippen LogP contribution in [0.15, 0.2) is 27.1 Å². The van der Waals surface area contributed by atoms with Crippen molar-refractivity contribution in [2.24, 2.45) is 0 Å². The fourth-order valence-corrected chi connectivity index (χ4v) is 3.09. The molecular formula is C12H13Br2N3. The molecule has 1 aromatic carbocycles. The smallest absolute Gasteiger partial charge is 0.149 e. The van der Waals surface area contributed by atoms with Crippen molar-refractivity contribution in [1.82, 2.24) is 10.2 Å². The quantitative estimate of drug-likeness (QED) is 0.840. The molecule has 1 aromatic heterocycles. The molecule has 0 saturated heterocycles. The van der Waals surface area contributed by atoms with Crippen LogP contribution < -0.4 is 5.73 Å². The zero-order chi connectivity index (χ0) is 12.6. The molecule has 0 bridgehead atoms. The Balaban J connectivity index is 2.61. The molecule has 0 radical (unpaired) electrons. The van der Waals surface area contributed by atoms with E-state index in [1.54, 1.807) is 0 Å². The van der Waals surface area contributed by atoms with E-state index in [9.17, 15) is 0 Å². The summed E-state index contributed by atoms with van der Waals surface area (Å²) in [6.45, 7) is 4.22. The third kappa shape index (κ3) is 2.40. The molecule has 2 aromatic rings. The largest absolute Gasteiger partial charge is 0.382 e. The van der Waals surface area contributed by atoms with Crippen molar-refractivity contribution in [3.63, 3.8) is 0 Å². The third-order valence-corrected chi connectivity index (χ3v) is 3.76. The van der Waals surface area contributed by atoms with Gasteiger partial charge in [-0.1, -0.05) is 51.8 Å². The van der Waals surface area contributed by atoms with E-state index in [0.29, 0.717) is 11.7 Å². The number of halogens is 2. The predicted molar refractivity (Wildman–Crippen MR) is 77.9 cm³/mol. The van der Waals surface area contributed by atoms with Crippen molar-refractivity contribution < 1.29 is 0 Å². The first-order valence-electron chi connectivity index (χ1n) is 5.30. The fourth-order valence-electron chi connectivity index (χ4n) is 1.85. The SMILES string of the molecule is CC(C)c1c(N)n[nH]c1-c1ccc(Br)cc1Br. The molecule has 0 aliphatic rings. The van der Waals surface area contributed by atoms with Crippen molar-refractivity contribution in [3.8, 4) is 11.3 Å². The number of H-pyrrole nitrogens is 1. The average Bonchev–Trinajstić information content (AvgIpc) is 2.60. The normalized spacial score (nSPS) is 11.1. The summed E-state index contributed by atoms with van der Waals surface area (Å²) in [6.07, 6.45) is 0. The van der Waals surface area contributed by atoms with Crippen LogP contribution in [-0.2, 0) is 0 Å². The van der Waals surface area contributed by atoms with Crippen LogP contribution >= 0.6 is 31.9 Å². The molecule has 0 spiro atoms. The summed E-state index contributed by atoms with van der Waals surface area (Å²) < 4.78 is 2.05. The maximum atomic E-state index is 5.89. The molecular weight excluding hydrogens is 346 g/mol. The molecule has 1 heterocycles. The first kappa shape index (κ1) is 12.6. The van der Waals surface area contributed by atoms with E-state index in [2.05, 4.69) is 55.9 Å². The van der Waals surface area contributed by atoms with Gasteiger partial charge in [0.2, 0.25) is 0 Å².